The summed E-state index contributed by atoms with van der Waals surface area (Å²) in [6.07, 6.45) is 6.45. The van der Waals surface area contributed by atoms with E-state index in [9.17, 15) is 0 Å². The number of benzene rings is 1. The van der Waals surface area contributed by atoms with Crippen LogP contribution in [0.3, 0.4) is 0 Å². The van der Waals surface area contributed by atoms with Gasteiger partial charge < -0.3 is 5.73 Å². The number of anilines is 1. The van der Waals surface area contributed by atoms with E-state index in [4.69, 9.17) is 15.7 Å². The van der Waals surface area contributed by atoms with Crippen LogP contribution in [0.4, 0.5) is 5.82 Å². The quantitative estimate of drug-likeness (QED) is 0.556. The largest absolute Gasteiger partial charge is 0.383 e. The lowest BCUT2D eigenvalue weighted by Crippen LogP contribution is -2.11. The fourth-order valence-corrected chi connectivity index (χ4v) is 3.82. The van der Waals surface area contributed by atoms with Gasteiger partial charge in [0.2, 0.25) is 0 Å². The number of imidazole rings is 1. The highest BCUT2D eigenvalue weighted by Gasteiger charge is 2.23. The van der Waals surface area contributed by atoms with Crippen LogP contribution in [0.5, 0.6) is 0 Å². The second-order valence-corrected chi connectivity index (χ2v) is 7.43. The van der Waals surface area contributed by atoms with E-state index in [1.807, 2.05) is 12.1 Å². The molecule has 28 heavy (non-hydrogen) atoms. The Labute approximate surface area is 164 Å². The van der Waals surface area contributed by atoms with E-state index in [1.54, 1.807) is 6.20 Å². The lowest BCUT2D eigenvalue weighted by molar-refractivity contribution is 0.412. The molecule has 0 radical (unpaired) electrons. The average molecular weight is 369 g/mol. The summed E-state index contributed by atoms with van der Waals surface area (Å²) in [5.74, 6) is 1.83. The van der Waals surface area contributed by atoms with Crippen LogP contribution in [-0.2, 0) is 6.42 Å². The first-order valence-electron chi connectivity index (χ1n) is 9.94. The highest BCUT2D eigenvalue weighted by atomic mass is 15.1. The van der Waals surface area contributed by atoms with E-state index >= 15 is 0 Å². The zero-order chi connectivity index (χ0) is 19.1. The maximum atomic E-state index is 6.19. The molecule has 0 unspecified atom stereocenters. The molecule has 0 bridgehead atoms. The minimum absolute atomic E-state index is 0.475. The van der Waals surface area contributed by atoms with Crippen molar-refractivity contribution in [2.45, 2.75) is 38.5 Å². The van der Waals surface area contributed by atoms with Gasteiger partial charge in [0.15, 0.2) is 11.5 Å². The fraction of sp³-hybridized carbons (Fsp3) is 0.261. The van der Waals surface area contributed by atoms with Gasteiger partial charge in [-0.3, -0.25) is 4.57 Å². The Morgan fingerprint density at radius 3 is 2.54 bits per heavy atom. The summed E-state index contributed by atoms with van der Waals surface area (Å²) in [6, 6.07) is 16.7. The Morgan fingerprint density at radius 2 is 1.86 bits per heavy atom. The summed E-state index contributed by atoms with van der Waals surface area (Å²) in [7, 11) is 0. The molecule has 3 heterocycles. The molecule has 0 saturated heterocycles. The van der Waals surface area contributed by atoms with Crippen LogP contribution in [0.15, 0.2) is 54.7 Å². The first-order chi connectivity index (χ1) is 13.7. The van der Waals surface area contributed by atoms with Gasteiger partial charge in [-0.05, 0) is 61.2 Å². The van der Waals surface area contributed by atoms with Gasteiger partial charge >= 0.3 is 0 Å². The summed E-state index contributed by atoms with van der Waals surface area (Å²) >= 11 is 0. The number of rotatable bonds is 4. The second kappa shape index (κ2) is 6.75. The average Bonchev–Trinajstić information content (AvgIpc) is 3.05. The fourth-order valence-electron chi connectivity index (χ4n) is 3.82. The van der Waals surface area contributed by atoms with Crippen molar-refractivity contribution in [2.75, 3.05) is 5.73 Å². The Kier molecular flexibility index (Phi) is 4.08. The molecule has 0 aliphatic heterocycles. The van der Waals surface area contributed by atoms with Gasteiger partial charge in [0.25, 0.3) is 0 Å². The zero-order valence-electron chi connectivity index (χ0n) is 16.0. The normalized spacial score (nSPS) is 14.3. The van der Waals surface area contributed by atoms with E-state index in [0.29, 0.717) is 11.7 Å². The van der Waals surface area contributed by atoms with E-state index in [0.717, 1.165) is 40.4 Å². The minimum atomic E-state index is 0.475. The van der Waals surface area contributed by atoms with E-state index < -0.39 is 0 Å². The molecule has 1 aliphatic carbocycles. The Hall–Kier alpha value is -3.21. The summed E-state index contributed by atoms with van der Waals surface area (Å²) in [4.78, 5) is 14.2. The SMILES string of the molecule is CCc1ccc(-n2c(-c3cccnc3N)nc3ccc(C4CCC4)nc32)cc1. The molecule has 0 atom stereocenters. The zero-order valence-corrected chi connectivity index (χ0v) is 16.0. The Bertz CT molecular complexity index is 1140. The molecule has 1 aliphatic rings. The van der Waals surface area contributed by atoms with Crippen LogP contribution in [0.2, 0.25) is 0 Å². The smallest absolute Gasteiger partial charge is 0.165 e. The molecule has 0 spiro atoms. The van der Waals surface area contributed by atoms with Crippen LogP contribution in [-0.4, -0.2) is 19.5 Å². The third kappa shape index (κ3) is 2.74. The number of hydrogen-bond donors (Lipinski definition) is 1. The van der Waals surface area contributed by atoms with Crippen molar-refractivity contribution in [3.63, 3.8) is 0 Å². The first kappa shape index (κ1) is 16.9. The van der Waals surface area contributed by atoms with Gasteiger partial charge in [-0.15, -0.1) is 0 Å². The van der Waals surface area contributed by atoms with Crippen molar-refractivity contribution in [3.05, 3.63) is 66.0 Å². The Balaban J connectivity index is 1.76. The topological polar surface area (TPSA) is 69.6 Å². The Morgan fingerprint density at radius 1 is 1.04 bits per heavy atom. The van der Waals surface area contributed by atoms with Gasteiger partial charge in [-0.1, -0.05) is 25.5 Å². The molecule has 4 aromatic rings. The maximum Gasteiger partial charge on any atom is 0.165 e. The third-order valence-corrected chi connectivity index (χ3v) is 5.73. The molecule has 5 heteroatoms. The summed E-state index contributed by atoms with van der Waals surface area (Å²) < 4.78 is 2.12. The molecular formula is C23H23N5. The number of nitrogens with two attached hydrogens (primary N) is 1. The van der Waals surface area contributed by atoms with Gasteiger partial charge in [-0.25, -0.2) is 15.0 Å². The predicted octanol–water partition coefficient (Wildman–Crippen LogP) is 4.89. The van der Waals surface area contributed by atoms with E-state index in [-0.39, 0.29) is 0 Å². The number of aromatic nitrogens is 4. The molecule has 0 amide bonds. The predicted molar refractivity (Wildman–Crippen MR) is 112 cm³/mol. The van der Waals surface area contributed by atoms with Crippen LogP contribution in [0.1, 0.15) is 43.4 Å². The van der Waals surface area contributed by atoms with Crippen molar-refractivity contribution in [2.24, 2.45) is 0 Å². The van der Waals surface area contributed by atoms with Crippen molar-refractivity contribution in [1.82, 2.24) is 19.5 Å². The standard InChI is InChI=1S/C23H23N5/c1-2-15-8-10-17(11-9-15)28-22(18-7-4-14-25-21(18)24)27-20-13-12-19(26-23(20)28)16-5-3-6-16/h4,7-14,16H,2-3,5-6H2,1H3,(H2,24,25). The lowest BCUT2D eigenvalue weighted by Gasteiger charge is -2.24. The van der Waals surface area contributed by atoms with Gasteiger partial charge in [0.1, 0.15) is 11.3 Å². The van der Waals surface area contributed by atoms with Crippen molar-refractivity contribution in [1.29, 1.82) is 0 Å². The molecule has 1 fully saturated rings. The van der Waals surface area contributed by atoms with Crippen LogP contribution in [0.25, 0.3) is 28.2 Å². The highest BCUT2D eigenvalue weighted by molar-refractivity contribution is 5.82. The molecule has 1 saturated carbocycles. The van der Waals surface area contributed by atoms with Crippen molar-refractivity contribution < 1.29 is 0 Å². The van der Waals surface area contributed by atoms with Gasteiger partial charge in [0.05, 0.1) is 5.56 Å². The molecule has 3 aromatic heterocycles. The molecule has 5 rings (SSSR count). The number of pyridine rings is 2. The second-order valence-electron chi connectivity index (χ2n) is 7.43. The minimum Gasteiger partial charge on any atom is -0.383 e. The van der Waals surface area contributed by atoms with Gasteiger partial charge in [-0.2, -0.15) is 0 Å². The number of nitrogens with zero attached hydrogens (tertiary/aromatic N) is 4. The summed E-state index contributed by atoms with van der Waals surface area (Å²) in [6.45, 7) is 2.16. The van der Waals surface area contributed by atoms with Crippen molar-refractivity contribution in [3.8, 4) is 17.1 Å². The van der Waals surface area contributed by atoms with Gasteiger partial charge in [0, 0.05) is 23.5 Å². The summed E-state index contributed by atoms with van der Waals surface area (Å²) in [5.41, 5.74) is 12.3. The maximum absolute atomic E-state index is 6.19. The third-order valence-electron chi connectivity index (χ3n) is 5.73. The summed E-state index contributed by atoms with van der Waals surface area (Å²) in [5, 5.41) is 0. The van der Waals surface area contributed by atoms with E-state index in [2.05, 4.69) is 52.9 Å². The van der Waals surface area contributed by atoms with E-state index in [1.165, 1.54) is 24.8 Å². The number of hydrogen-bond acceptors (Lipinski definition) is 4. The van der Waals surface area contributed by atoms with Crippen LogP contribution >= 0.6 is 0 Å². The highest BCUT2D eigenvalue weighted by Crippen LogP contribution is 2.37. The molecule has 140 valence electrons. The van der Waals surface area contributed by atoms with Crippen LogP contribution < -0.4 is 5.73 Å². The van der Waals surface area contributed by atoms with Crippen molar-refractivity contribution >= 4 is 17.0 Å². The molecular weight excluding hydrogens is 346 g/mol. The lowest BCUT2D eigenvalue weighted by atomic mass is 9.83. The number of nitrogen functional groups attached to an aromatic ring is 1. The number of fused-ring (bicyclic) bond motifs is 1. The first-order valence-corrected chi connectivity index (χ1v) is 9.94. The molecule has 2 N–H and O–H groups in total. The molecule has 1 aromatic carbocycles. The monoisotopic (exact) mass is 369 g/mol. The van der Waals surface area contributed by atoms with Crippen LogP contribution in [0, 0.1) is 0 Å². The molecule has 5 nitrogen and oxygen atoms in total. The number of aryl methyl sites for hydroxylation is 1.